The van der Waals surface area contributed by atoms with Crippen LogP contribution < -0.4 is 0 Å². The van der Waals surface area contributed by atoms with Crippen LogP contribution in [-0.4, -0.2) is 44.4 Å². The van der Waals surface area contributed by atoms with Crippen LogP contribution in [0, 0.1) is 25.7 Å². The molecule has 2 fully saturated rings. The van der Waals surface area contributed by atoms with Gasteiger partial charge >= 0.3 is 0 Å². The minimum atomic E-state index is -0.237. The van der Waals surface area contributed by atoms with E-state index in [1.165, 1.54) is 5.56 Å². The molecule has 0 radical (unpaired) electrons. The van der Waals surface area contributed by atoms with Crippen molar-refractivity contribution in [1.82, 2.24) is 19.7 Å². The number of carbonyl (C=O) groups excluding carboxylic acids is 2. The second-order valence-electron chi connectivity index (χ2n) is 10.2. The summed E-state index contributed by atoms with van der Waals surface area (Å²) in [7, 11) is 0. The number of hydrogen-bond acceptors (Lipinski definition) is 4. The van der Waals surface area contributed by atoms with E-state index in [4.69, 9.17) is 0 Å². The van der Waals surface area contributed by atoms with Crippen LogP contribution in [-0.2, 0) is 22.4 Å². The van der Waals surface area contributed by atoms with Crippen LogP contribution in [0.4, 0.5) is 0 Å². The van der Waals surface area contributed by atoms with Crippen LogP contribution in [0.25, 0.3) is 0 Å². The maximum absolute atomic E-state index is 13.5. The first kappa shape index (κ1) is 22.7. The molecule has 2 aromatic rings. The first-order chi connectivity index (χ1) is 15.2. The van der Waals surface area contributed by atoms with E-state index in [-0.39, 0.29) is 23.5 Å². The number of Topliss-reactive ketones (excluding diaryl/α,β-unsaturated/α-hetero) is 1. The molecule has 1 saturated heterocycles. The highest BCUT2D eigenvalue weighted by molar-refractivity contribution is 5.86. The Morgan fingerprint density at radius 1 is 1.12 bits per heavy atom. The quantitative estimate of drug-likeness (QED) is 0.622. The van der Waals surface area contributed by atoms with Crippen LogP contribution in [0.5, 0.6) is 0 Å². The van der Waals surface area contributed by atoms with Crippen LogP contribution in [0.2, 0.25) is 0 Å². The number of likely N-dealkylation sites (tertiary alicyclic amines) is 1. The molecule has 2 atom stereocenters. The second-order valence-corrected chi connectivity index (χ2v) is 10.2. The van der Waals surface area contributed by atoms with E-state index >= 15 is 0 Å². The monoisotopic (exact) mass is 436 g/mol. The molecule has 2 aliphatic rings. The summed E-state index contributed by atoms with van der Waals surface area (Å²) in [6.07, 6.45) is 4.67. The van der Waals surface area contributed by atoms with Gasteiger partial charge in [0.15, 0.2) is 0 Å². The van der Waals surface area contributed by atoms with Gasteiger partial charge in [0.2, 0.25) is 5.91 Å². The fourth-order valence-corrected chi connectivity index (χ4v) is 4.92. The number of nitrogens with zero attached hydrogens (tertiary/aromatic N) is 4. The predicted octanol–water partition coefficient (Wildman–Crippen LogP) is 4.19. The highest BCUT2D eigenvalue weighted by Crippen LogP contribution is 2.41. The van der Waals surface area contributed by atoms with Gasteiger partial charge in [0.1, 0.15) is 17.4 Å². The summed E-state index contributed by atoms with van der Waals surface area (Å²) in [6, 6.07) is 6.70. The van der Waals surface area contributed by atoms with E-state index in [1.807, 2.05) is 4.90 Å². The Labute approximate surface area is 191 Å². The number of rotatable bonds is 8. The number of aromatic nitrogens is 3. The zero-order valence-corrected chi connectivity index (χ0v) is 20.1. The third kappa shape index (κ3) is 4.79. The molecule has 0 bridgehead atoms. The molecule has 1 aromatic carbocycles. The normalized spacial score (nSPS) is 20.9. The molecule has 1 aliphatic carbocycles. The van der Waals surface area contributed by atoms with Crippen molar-refractivity contribution < 1.29 is 9.59 Å². The van der Waals surface area contributed by atoms with E-state index in [9.17, 15) is 9.59 Å². The Morgan fingerprint density at radius 3 is 2.50 bits per heavy atom. The molecule has 0 N–H and O–H groups in total. The van der Waals surface area contributed by atoms with Crippen molar-refractivity contribution in [1.29, 1.82) is 0 Å². The van der Waals surface area contributed by atoms with Gasteiger partial charge in [-0.25, -0.2) is 0 Å². The molecule has 1 aliphatic heterocycles. The molecular weight excluding hydrogens is 400 g/mol. The van der Waals surface area contributed by atoms with Crippen molar-refractivity contribution in [2.45, 2.75) is 78.7 Å². The number of carbonyl (C=O) groups is 2. The van der Waals surface area contributed by atoms with Gasteiger partial charge in [0.05, 0.1) is 0 Å². The first-order valence-electron chi connectivity index (χ1n) is 12.0. The molecule has 2 heterocycles. The van der Waals surface area contributed by atoms with Crippen LogP contribution >= 0.6 is 0 Å². The summed E-state index contributed by atoms with van der Waals surface area (Å²) >= 11 is 0. The van der Waals surface area contributed by atoms with Gasteiger partial charge in [-0.15, -0.1) is 10.2 Å². The van der Waals surface area contributed by atoms with Crippen molar-refractivity contribution >= 4 is 11.7 Å². The SMILES string of the molecule is CC(=O)N1C[C@H](C(=O)Cc2ccc(C)cc2C)[C@@H](c2nnc(CCC(C)C)n2C2CC2)C1. The van der Waals surface area contributed by atoms with Crippen molar-refractivity contribution in [3.63, 3.8) is 0 Å². The van der Waals surface area contributed by atoms with Gasteiger partial charge < -0.3 is 9.47 Å². The first-order valence-corrected chi connectivity index (χ1v) is 12.0. The summed E-state index contributed by atoms with van der Waals surface area (Å²) in [6.45, 7) is 11.2. The highest BCUT2D eigenvalue weighted by atomic mass is 16.2. The topological polar surface area (TPSA) is 68.1 Å². The molecule has 6 heteroatoms. The average molecular weight is 437 g/mol. The molecule has 0 unspecified atom stereocenters. The molecule has 32 heavy (non-hydrogen) atoms. The Balaban J connectivity index is 1.62. The number of ketones is 1. The van der Waals surface area contributed by atoms with E-state index in [0.717, 1.165) is 48.5 Å². The Morgan fingerprint density at radius 2 is 1.88 bits per heavy atom. The maximum atomic E-state index is 13.5. The lowest BCUT2D eigenvalue weighted by Crippen LogP contribution is -2.28. The van der Waals surface area contributed by atoms with E-state index in [0.29, 0.717) is 31.5 Å². The van der Waals surface area contributed by atoms with Crippen molar-refractivity contribution in [2.75, 3.05) is 13.1 Å². The third-order valence-corrected chi connectivity index (χ3v) is 7.02. The summed E-state index contributed by atoms with van der Waals surface area (Å²) in [5.41, 5.74) is 3.42. The van der Waals surface area contributed by atoms with Crippen molar-refractivity contribution in [3.05, 3.63) is 46.5 Å². The molecule has 1 saturated carbocycles. The lowest BCUT2D eigenvalue weighted by Gasteiger charge is -2.19. The Hall–Kier alpha value is -2.50. The lowest BCUT2D eigenvalue weighted by atomic mass is 9.87. The van der Waals surface area contributed by atoms with E-state index in [2.05, 4.69) is 60.7 Å². The predicted molar refractivity (Wildman–Crippen MR) is 125 cm³/mol. The zero-order valence-electron chi connectivity index (χ0n) is 20.1. The highest BCUT2D eigenvalue weighted by Gasteiger charge is 2.43. The lowest BCUT2D eigenvalue weighted by molar-refractivity contribution is -0.128. The minimum absolute atomic E-state index is 0.0225. The second kappa shape index (κ2) is 9.16. The van der Waals surface area contributed by atoms with Crippen LogP contribution in [0.15, 0.2) is 18.2 Å². The number of aryl methyl sites for hydroxylation is 3. The molecule has 1 amide bonds. The van der Waals surface area contributed by atoms with Gasteiger partial charge in [-0.3, -0.25) is 9.59 Å². The zero-order chi connectivity index (χ0) is 23.0. The van der Waals surface area contributed by atoms with Crippen LogP contribution in [0.1, 0.15) is 80.3 Å². The van der Waals surface area contributed by atoms with Crippen molar-refractivity contribution in [3.8, 4) is 0 Å². The number of amides is 1. The molecule has 0 spiro atoms. The summed E-state index contributed by atoms with van der Waals surface area (Å²) in [5, 5.41) is 9.19. The van der Waals surface area contributed by atoms with Gasteiger partial charge in [-0.2, -0.15) is 0 Å². The van der Waals surface area contributed by atoms with E-state index in [1.54, 1.807) is 6.92 Å². The van der Waals surface area contributed by atoms with Crippen LogP contribution in [0.3, 0.4) is 0 Å². The summed E-state index contributed by atoms with van der Waals surface area (Å²) in [4.78, 5) is 27.6. The summed E-state index contributed by atoms with van der Waals surface area (Å²) < 4.78 is 2.31. The molecule has 6 nitrogen and oxygen atoms in total. The fraction of sp³-hybridized carbons (Fsp3) is 0.615. The molecule has 1 aromatic heterocycles. The fourth-order valence-electron chi connectivity index (χ4n) is 4.92. The van der Waals surface area contributed by atoms with Gasteiger partial charge in [0, 0.05) is 50.7 Å². The molecule has 4 rings (SSSR count). The maximum Gasteiger partial charge on any atom is 0.219 e. The number of benzene rings is 1. The van der Waals surface area contributed by atoms with Crippen molar-refractivity contribution in [2.24, 2.45) is 11.8 Å². The smallest absolute Gasteiger partial charge is 0.219 e. The molecular formula is C26H36N4O2. The Kier molecular flexibility index (Phi) is 6.50. The average Bonchev–Trinajstić information content (AvgIpc) is 3.31. The van der Waals surface area contributed by atoms with Gasteiger partial charge in [-0.1, -0.05) is 37.6 Å². The minimum Gasteiger partial charge on any atom is -0.341 e. The van der Waals surface area contributed by atoms with Gasteiger partial charge in [-0.05, 0) is 50.2 Å². The largest absolute Gasteiger partial charge is 0.341 e. The van der Waals surface area contributed by atoms with E-state index < -0.39 is 0 Å². The molecule has 172 valence electrons. The Bertz CT molecular complexity index is 1010. The number of hydrogen-bond donors (Lipinski definition) is 0. The third-order valence-electron chi connectivity index (χ3n) is 7.02. The summed E-state index contributed by atoms with van der Waals surface area (Å²) in [5.74, 6) is 2.45. The standard InChI is InChI=1S/C26H36N4O2/c1-16(2)6-11-25-27-28-26(30(25)21-9-10-21)23-15-29(19(5)31)14-22(23)24(32)13-20-8-7-17(3)12-18(20)4/h7-8,12,16,21-23H,6,9-11,13-15H2,1-5H3/t22-,23-/m0/s1. The van der Waals surface area contributed by atoms with Gasteiger partial charge in [0.25, 0.3) is 0 Å².